The molecule has 0 saturated heterocycles. The van der Waals surface area contributed by atoms with Gasteiger partial charge in [0, 0.05) is 11.5 Å². The topological polar surface area (TPSA) is 53.5 Å². The summed E-state index contributed by atoms with van der Waals surface area (Å²) < 4.78 is 57.6. The van der Waals surface area contributed by atoms with Gasteiger partial charge >= 0.3 is 6.36 Å². The first-order valence-corrected chi connectivity index (χ1v) is 7.66. The highest BCUT2D eigenvalue weighted by Gasteiger charge is 2.30. The lowest BCUT2D eigenvalue weighted by Crippen LogP contribution is -2.25. The second-order valence-corrected chi connectivity index (χ2v) is 5.63. The van der Waals surface area contributed by atoms with Gasteiger partial charge in [0.1, 0.15) is 17.8 Å². The van der Waals surface area contributed by atoms with Gasteiger partial charge < -0.3 is 9.84 Å². The third-order valence-electron chi connectivity index (χ3n) is 3.58. The Labute approximate surface area is 151 Å². The summed E-state index contributed by atoms with van der Waals surface area (Å²) in [4.78, 5) is 0. The molecule has 2 aromatic carbocycles. The molecule has 0 spiro atoms. The zero-order valence-electron chi connectivity index (χ0n) is 13.9. The number of nitrogens with zero attached hydrogens (tertiary/aromatic N) is 3. The van der Waals surface area contributed by atoms with Crippen LogP contribution < -0.4 is 14.4 Å². The molecule has 0 aliphatic heterocycles. The summed E-state index contributed by atoms with van der Waals surface area (Å²) >= 11 is 0. The van der Waals surface area contributed by atoms with Gasteiger partial charge in [0.05, 0.1) is 7.05 Å². The first kappa shape index (κ1) is 18.4. The van der Waals surface area contributed by atoms with Crippen LogP contribution in [0.4, 0.5) is 17.6 Å². The van der Waals surface area contributed by atoms with Crippen LogP contribution in [0.1, 0.15) is 5.56 Å². The van der Waals surface area contributed by atoms with Crippen molar-refractivity contribution in [1.29, 1.82) is 0 Å². The number of hydrogen-bond acceptors (Lipinski definition) is 3. The van der Waals surface area contributed by atoms with Crippen LogP contribution in [0.25, 0.3) is 11.1 Å². The van der Waals surface area contributed by atoms with E-state index in [0.29, 0.717) is 11.1 Å². The van der Waals surface area contributed by atoms with Gasteiger partial charge in [0.2, 0.25) is 0 Å². The summed E-state index contributed by atoms with van der Waals surface area (Å²) in [6.45, 7) is 0. The van der Waals surface area contributed by atoms with Crippen LogP contribution in [-0.4, -0.2) is 16.9 Å². The van der Waals surface area contributed by atoms with Gasteiger partial charge in [-0.3, -0.25) is 0 Å². The molecule has 0 fully saturated rings. The molecule has 3 aromatic rings. The van der Waals surface area contributed by atoms with Gasteiger partial charge in [-0.15, -0.1) is 17.8 Å². The van der Waals surface area contributed by atoms with Crippen LogP contribution in [0, 0.1) is 5.82 Å². The molecule has 0 atom stereocenters. The number of aryl methyl sites for hydroxylation is 1. The van der Waals surface area contributed by atoms with Crippen LogP contribution in [0.2, 0.25) is 0 Å². The molecular weight excluding hydrogens is 366 g/mol. The molecule has 0 N–H and O–H groups in total. The molecule has 0 aliphatic rings. The smallest absolute Gasteiger partial charge is 0.573 e. The summed E-state index contributed by atoms with van der Waals surface area (Å²) in [5.41, 5.74) is 0.652. The quantitative estimate of drug-likeness (QED) is 0.303. The lowest BCUT2D eigenvalue weighted by Gasteiger charge is -2.12. The van der Waals surface area contributed by atoms with Crippen LogP contribution >= 0.6 is 0 Å². The maximum absolute atomic E-state index is 14.3. The van der Waals surface area contributed by atoms with Gasteiger partial charge in [0.25, 0.3) is 6.33 Å². The van der Waals surface area contributed by atoms with E-state index in [2.05, 4.69) is 9.84 Å². The van der Waals surface area contributed by atoms with Gasteiger partial charge in [-0.1, -0.05) is 29.4 Å². The van der Waals surface area contributed by atoms with E-state index >= 15 is 0 Å². The molecule has 1 heterocycles. The Balaban J connectivity index is 1.83. The van der Waals surface area contributed by atoms with Crippen molar-refractivity contribution in [3.63, 3.8) is 0 Å². The standard InChI is InChI=1S/C18H13F4N3O2/c1-24-8-9-25(11-24)23-17(26)15-7-4-13(10-16(15)19)12-2-5-14(6-3-12)27-18(20,21)22/h2-11H,1H3. The van der Waals surface area contributed by atoms with Gasteiger partial charge in [-0.25, -0.2) is 8.96 Å². The van der Waals surface area contributed by atoms with E-state index in [1.807, 2.05) is 0 Å². The Morgan fingerprint density at radius 1 is 1.11 bits per heavy atom. The average molecular weight is 379 g/mol. The largest absolute Gasteiger partial charge is 0.856 e. The molecular formula is C18H13F4N3O2. The number of benzene rings is 2. The second-order valence-electron chi connectivity index (χ2n) is 5.63. The molecule has 140 valence electrons. The third-order valence-corrected chi connectivity index (χ3v) is 3.58. The summed E-state index contributed by atoms with van der Waals surface area (Å²) in [6.07, 6.45) is -0.0399. The van der Waals surface area contributed by atoms with Crippen molar-refractivity contribution in [2.75, 3.05) is 0 Å². The fourth-order valence-corrected chi connectivity index (χ4v) is 2.37. The van der Waals surface area contributed by atoms with Crippen molar-refractivity contribution < 1.29 is 32.0 Å². The maximum atomic E-state index is 14.3. The number of aromatic nitrogens is 2. The highest BCUT2D eigenvalue weighted by atomic mass is 19.4. The minimum Gasteiger partial charge on any atom is -0.856 e. The molecule has 5 nitrogen and oxygen atoms in total. The van der Waals surface area contributed by atoms with E-state index in [1.165, 1.54) is 41.5 Å². The summed E-state index contributed by atoms with van der Waals surface area (Å²) in [5.74, 6) is -1.92. The van der Waals surface area contributed by atoms with E-state index in [1.54, 1.807) is 17.8 Å². The Morgan fingerprint density at radius 2 is 1.78 bits per heavy atom. The fraction of sp³-hybridized carbons (Fsp3) is 0.111. The molecule has 27 heavy (non-hydrogen) atoms. The second kappa shape index (κ2) is 7.10. The third kappa shape index (κ3) is 4.63. The summed E-state index contributed by atoms with van der Waals surface area (Å²) in [6, 6.07) is 8.87. The predicted octanol–water partition coefficient (Wildman–Crippen LogP) is 2.59. The number of imidazole rings is 1. The van der Waals surface area contributed by atoms with E-state index in [4.69, 9.17) is 0 Å². The molecule has 0 aliphatic carbocycles. The highest BCUT2D eigenvalue weighted by molar-refractivity contribution is 5.91. The fourth-order valence-electron chi connectivity index (χ4n) is 2.37. The molecule has 0 bridgehead atoms. The lowest BCUT2D eigenvalue weighted by molar-refractivity contribution is -0.671. The zero-order valence-corrected chi connectivity index (χ0v) is 13.9. The summed E-state index contributed by atoms with van der Waals surface area (Å²) in [7, 11) is 1.75. The van der Waals surface area contributed by atoms with Crippen molar-refractivity contribution in [1.82, 2.24) is 4.68 Å². The minimum absolute atomic E-state index is 0.216. The molecule has 3 rings (SSSR count). The monoisotopic (exact) mass is 379 g/mol. The summed E-state index contributed by atoms with van der Waals surface area (Å²) in [5, 5.41) is 15.9. The van der Waals surface area contributed by atoms with Crippen molar-refractivity contribution >= 4 is 5.90 Å². The predicted molar refractivity (Wildman–Crippen MR) is 86.1 cm³/mol. The lowest BCUT2D eigenvalue weighted by atomic mass is 10.0. The highest BCUT2D eigenvalue weighted by Crippen LogP contribution is 2.27. The van der Waals surface area contributed by atoms with Crippen LogP contribution in [0.3, 0.4) is 0 Å². The van der Waals surface area contributed by atoms with Gasteiger partial charge in [-0.2, -0.15) is 0 Å². The Kier molecular flexibility index (Phi) is 4.85. The van der Waals surface area contributed by atoms with Crippen LogP contribution in [0.5, 0.6) is 5.75 Å². The average Bonchev–Trinajstić information content (AvgIpc) is 2.98. The molecule has 0 amide bonds. The Bertz CT molecular complexity index is 979. The minimum atomic E-state index is -4.78. The van der Waals surface area contributed by atoms with Crippen LogP contribution in [-0.2, 0) is 7.05 Å². The van der Waals surface area contributed by atoms with Crippen molar-refractivity contribution in [2.24, 2.45) is 12.1 Å². The molecule has 1 aromatic heterocycles. The number of ether oxygens (including phenoxy) is 1. The van der Waals surface area contributed by atoms with Crippen molar-refractivity contribution in [2.45, 2.75) is 6.36 Å². The molecule has 0 unspecified atom stereocenters. The first-order chi connectivity index (χ1) is 12.7. The zero-order chi connectivity index (χ0) is 19.6. The normalized spacial score (nSPS) is 12.3. The number of halogens is 4. The number of alkyl halides is 3. The first-order valence-electron chi connectivity index (χ1n) is 7.66. The van der Waals surface area contributed by atoms with E-state index < -0.39 is 18.1 Å². The number of hydrogen-bond donors (Lipinski definition) is 0. The van der Waals surface area contributed by atoms with E-state index in [0.717, 1.165) is 18.2 Å². The Hall–Kier alpha value is -3.36. The van der Waals surface area contributed by atoms with E-state index in [-0.39, 0.29) is 11.3 Å². The van der Waals surface area contributed by atoms with E-state index in [9.17, 15) is 22.7 Å². The number of rotatable bonds is 4. The Morgan fingerprint density at radius 3 is 2.33 bits per heavy atom. The van der Waals surface area contributed by atoms with Crippen LogP contribution in [0.15, 0.2) is 66.3 Å². The molecule has 9 heteroatoms. The van der Waals surface area contributed by atoms with Crippen molar-refractivity contribution in [3.05, 3.63) is 72.6 Å². The van der Waals surface area contributed by atoms with Crippen molar-refractivity contribution in [3.8, 4) is 16.9 Å². The molecule has 0 radical (unpaired) electrons. The van der Waals surface area contributed by atoms with Gasteiger partial charge in [0.15, 0.2) is 6.20 Å². The SMILES string of the molecule is C[n+]1ccn(N=C([O-])c2ccc(-c3ccc(OC(F)(F)F)cc3)cc2F)c1. The maximum Gasteiger partial charge on any atom is 0.573 e. The van der Waals surface area contributed by atoms with Gasteiger partial charge in [-0.05, 0) is 29.3 Å². The molecule has 0 saturated carbocycles.